The number of fused-ring (bicyclic) bond motifs is 2. The summed E-state index contributed by atoms with van der Waals surface area (Å²) in [5.74, 6) is 0. The Bertz CT molecular complexity index is 740. The van der Waals surface area contributed by atoms with E-state index < -0.39 is 5.60 Å². The Morgan fingerprint density at radius 1 is 1.12 bits per heavy atom. The normalized spacial score (nSPS) is 46.7. The molecular formula is C20H26BrNO4. The molecule has 0 radical (unpaired) electrons. The molecule has 2 aliphatic carbocycles. The van der Waals surface area contributed by atoms with Crippen molar-refractivity contribution >= 4 is 17.0 Å². The highest BCUT2D eigenvalue weighted by Crippen LogP contribution is 2.68. The SMILES string of the molecule is Br.CN1CC[C@@]23c4ccccc4C[C@@H]1[C@]2(O)CCC1(C2OCCO2)O[C@@H]13. The molecule has 26 heavy (non-hydrogen) atoms. The number of ether oxygens (including phenoxy) is 3. The Labute approximate surface area is 164 Å². The molecule has 142 valence electrons. The second-order valence-corrected chi connectivity index (χ2v) is 8.53. The number of likely N-dealkylation sites (tertiary alicyclic amines) is 1. The fourth-order valence-corrected chi connectivity index (χ4v) is 6.53. The maximum Gasteiger partial charge on any atom is 0.189 e. The van der Waals surface area contributed by atoms with Crippen LogP contribution in [0.1, 0.15) is 30.4 Å². The van der Waals surface area contributed by atoms with Crippen LogP contribution in [0.2, 0.25) is 0 Å². The molecule has 1 N–H and O–H groups in total. The number of halogens is 1. The third-order valence-corrected chi connectivity index (χ3v) is 7.72. The summed E-state index contributed by atoms with van der Waals surface area (Å²) in [5, 5.41) is 12.0. The first-order valence-corrected chi connectivity index (χ1v) is 9.54. The summed E-state index contributed by atoms with van der Waals surface area (Å²) in [7, 11) is 2.15. The number of piperidine rings is 1. The van der Waals surface area contributed by atoms with Gasteiger partial charge in [-0.1, -0.05) is 24.3 Å². The van der Waals surface area contributed by atoms with Crippen LogP contribution >= 0.6 is 17.0 Å². The smallest absolute Gasteiger partial charge is 0.189 e. The molecule has 5 aliphatic rings. The van der Waals surface area contributed by atoms with Gasteiger partial charge >= 0.3 is 0 Å². The van der Waals surface area contributed by atoms with Gasteiger partial charge in [0, 0.05) is 6.04 Å². The van der Waals surface area contributed by atoms with Crippen LogP contribution in [0.5, 0.6) is 0 Å². The highest BCUT2D eigenvalue weighted by Gasteiger charge is 2.81. The van der Waals surface area contributed by atoms with E-state index in [9.17, 15) is 5.11 Å². The largest absolute Gasteiger partial charge is 0.387 e. The summed E-state index contributed by atoms with van der Waals surface area (Å²) in [6, 6.07) is 8.82. The monoisotopic (exact) mass is 423 g/mol. The molecule has 0 spiro atoms. The van der Waals surface area contributed by atoms with E-state index in [0.29, 0.717) is 13.2 Å². The molecule has 1 unspecified atom stereocenters. The number of rotatable bonds is 1. The van der Waals surface area contributed by atoms with E-state index in [1.165, 1.54) is 11.1 Å². The molecule has 4 fully saturated rings. The molecule has 5 nitrogen and oxygen atoms in total. The van der Waals surface area contributed by atoms with Crippen molar-refractivity contribution in [3.05, 3.63) is 35.4 Å². The summed E-state index contributed by atoms with van der Waals surface area (Å²) in [6.45, 7) is 2.27. The topological polar surface area (TPSA) is 54.5 Å². The number of likely N-dealkylation sites (N-methyl/N-ethyl adjacent to an activating group) is 1. The maximum absolute atomic E-state index is 12.0. The van der Waals surface area contributed by atoms with Crippen molar-refractivity contribution in [3.63, 3.8) is 0 Å². The summed E-state index contributed by atoms with van der Waals surface area (Å²) in [4.78, 5) is 2.35. The quantitative estimate of drug-likeness (QED) is 0.697. The number of benzene rings is 1. The van der Waals surface area contributed by atoms with E-state index in [1.54, 1.807) is 0 Å². The molecule has 3 heterocycles. The van der Waals surface area contributed by atoms with Crippen LogP contribution in [0.4, 0.5) is 0 Å². The molecule has 5 atom stereocenters. The van der Waals surface area contributed by atoms with Gasteiger partial charge in [0.15, 0.2) is 6.29 Å². The van der Waals surface area contributed by atoms with E-state index in [-0.39, 0.29) is 46.4 Å². The van der Waals surface area contributed by atoms with Crippen molar-refractivity contribution in [1.82, 2.24) is 4.90 Å². The summed E-state index contributed by atoms with van der Waals surface area (Å²) >= 11 is 0. The zero-order valence-corrected chi connectivity index (χ0v) is 16.7. The lowest BCUT2D eigenvalue weighted by Crippen LogP contribution is -2.75. The van der Waals surface area contributed by atoms with E-state index in [4.69, 9.17) is 14.2 Å². The molecule has 1 aromatic carbocycles. The average molecular weight is 424 g/mol. The van der Waals surface area contributed by atoms with Gasteiger partial charge in [0.25, 0.3) is 0 Å². The van der Waals surface area contributed by atoms with Gasteiger partial charge in [-0.05, 0) is 50.4 Å². The molecular weight excluding hydrogens is 398 g/mol. The molecule has 3 saturated heterocycles. The summed E-state index contributed by atoms with van der Waals surface area (Å²) < 4.78 is 18.1. The van der Waals surface area contributed by atoms with Gasteiger partial charge in [-0.3, -0.25) is 0 Å². The first-order chi connectivity index (χ1) is 12.1. The van der Waals surface area contributed by atoms with Crippen LogP contribution < -0.4 is 0 Å². The van der Waals surface area contributed by atoms with E-state index in [1.807, 2.05) is 0 Å². The highest BCUT2D eigenvalue weighted by molar-refractivity contribution is 8.93. The minimum atomic E-state index is -0.738. The Morgan fingerprint density at radius 2 is 1.88 bits per heavy atom. The van der Waals surface area contributed by atoms with E-state index in [2.05, 4.69) is 36.2 Å². The minimum absolute atomic E-state index is 0. The van der Waals surface area contributed by atoms with E-state index >= 15 is 0 Å². The molecule has 0 aromatic heterocycles. The fraction of sp³-hybridized carbons (Fsp3) is 0.700. The van der Waals surface area contributed by atoms with Crippen molar-refractivity contribution in [1.29, 1.82) is 0 Å². The third-order valence-electron chi connectivity index (χ3n) is 7.72. The lowest BCUT2D eigenvalue weighted by molar-refractivity contribution is -0.172. The lowest BCUT2D eigenvalue weighted by atomic mass is 9.48. The molecule has 6 rings (SSSR count). The Hall–Kier alpha value is -0.500. The second kappa shape index (κ2) is 5.52. The van der Waals surface area contributed by atoms with Crippen LogP contribution in [-0.2, 0) is 26.0 Å². The third kappa shape index (κ3) is 1.84. The van der Waals surface area contributed by atoms with Crippen LogP contribution in [0.3, 0.4) is 0 Å². The van der Waals surface area contributed by atoms with Crippen LogP contribution in [0.25, 0.3) is 0 Å². The predicted molar refractivity (Wildman–Crippen MR) is 101 cm³/mol. The van der Waals surface area contributed by atoms with Crippen LogP contribution in [0.15, 0.2) is 24.3 Å². The summed E-state index contributed by atoms with van der Waals surface area (Å²) in [5.41, 5.74) is 1.22. The Kier molecular flexibility index (Phi) is 3.74. The zero-order valence-electron chi connectivity index (χ0n) is 15.0. The van der Waals surface area contributed by atoms with Gasteiger partial charge in [-0.15, -0.1) is 17.0 Å². The minimum Gasteiger partial charge on any atom is -0.387 e. The summed E-state index contributed by atoms with van der Waals surface area (Å²) in [6.07, 6.45) is 3.11. The first kappa shape index (κ1) is 17.6. The van der Waals surface area contributed by atoms with Gasteiger partial charge in [0.1, 0.15) is 11.7 Å². The molecule has 2 bridgehead atoms. The number of epoxide rings is 1. The van der Waals surface area contributed by atoms with Gasteiger partial charge in [-0.2, -0.15) is 0 Å². The Balaban J connectivity index is 0.00000150. The van der Waals surface area contributed by atoms with Gasteiger partial charge < -0.3 is 24.2 Å². The number of hydrogen-bond donors (Lipinski definition) is 1. The fourth-order valence-electron chi connectivity index (χ4n) is 6.53. The lowest BCUT2D eigenvalue weighted by Gasteiger charge is -2.63. The molecule has 0 amide bonds. The van der Waals surface area contributed by atoms with Crippen LogP contribution in [-0.4, -0.2) is 66.5 Å². The van der Waals surface area contributed by atoms with Crippen molar-refractivity contribution in [2.45, 2.75) is 60.7 Å². The zero-order chi connectivity index (χ0) is 16.9. The molecule has 3 aliphatic heterocycles. The van der Waals surface area contributed by atoms with Crippen molar-refractivity contribution in [2.24, 2.45) is 0 Å². The standard InChI is InChI=1S/C20H25NO4.BrH/c1-21-9-8-18-14-5-3-2-4-13(14)12-15(21)20(18,22)7-6-19(16(18)25-19)17-23-10-11-24-17;/h2-5,15-17,22H,6-12H2,1H3;1H/t15-,16-,18+,19?,20-;/m1./s1. The highest BCUT2D eigenvalue weighted by atomic mass is 79.9. The second-order valence-electron chi connectivity index (χ2n) is 8.53. The van der Waals surface area contributed by atoms with Crippen LogP contribution in [0, 0.1) is 0 Å². The Morgan fingerprint density at radius 3 is 2.69 bits per heavy atom. The van der Waals surface area contributed by atoms with E-state index in [0.717, 1.165) is 32.2 Å². The number of hydrogen-bond acceptors (Lipinski definition) is 5. The molecule has 1 saturated carbocycles. The molecule has 1 aromatic rings. The van der Waals surface area contributed by atoms with Crippen molar-refractivity contribution in [2.75, 3.05) is 26.8 Å². The maximum atomic E-state index is 12.0. The average Bonchev–Trinajstić information content (AvgIpc) is 3.12. The predicted octanol–water partition coefficient (Wildman–Crippen LogP) is 1.80. The molecule has 6 heteroatoms. The van der Waals surface area contributed by atoms with Crippen molar-refractivity contribution < 1.29 is 19.3 Å². The van der Waals surface area contributed by atoms with Crippen molar-refractivity contribution in [3.8, 4) is 0 Å². The first-order valence-electron chi connectivity index (χ1n) is 9.54. The van der Waals surface area contributed by atoms with Gasteiger partial charge in [0.05, 0.1) is 24.2 Å². The number of nitrogens with zero attached hydrogens (tertiary/aromatic N) is 1. The number of aliphatic hydroxyl groups is 1. The van der Waals surface area contributed by atoms with Gasteiger partial charge in [0.2, 0.25) is 0 Å². The van der Waals surface area contributed by atoms with Gasteiger partial charge in [-0.25, -0.2) is 0 Å².